The highest BCUT2D eigenvalue weighted by atomic mass is 16.5. The second kappa shape index (κ2) is 7.57. The molecular weight excluding hydrogens is 220 g/mol. The second-order valence-corrected chi connectivity index (χ2v) is 3.48. The van der Waals surface area contributed by atoms with Crippen LogP contribution in [0.5, 0.6) is 0 Å². The van der Waals surface area contributed by atoms with Crippen LogP contribution in [-0.2, 0) is 25.7 Å². The largest absolute Gasteiger partial charge is 0.461 e. The van der Waals surface area contributed by atoms with Gasteiger partial charge in [-0.15, -0.1) is 0 Å². The van der Waals surface area contributed by atoms with E-state index in [4.69, 9.17) is 9.47 Å². The van der Waals surface area contributed by atoms with Gasteiger partial charge in [0.1, 0.15) is 19.0 Å². The van der Waals surface area contributed by atoms with Gasteiger partial charge in [-0.1, -0.05) is 30.3 Å². The van der Waals surface area contributed by atoms with Crippen molar-refractivity contribution in [3.63, 3.8) is 0 Å². The molecule has 0 aliphatic heterocycles. The molecule has 0 heterocycles. The van der Waals surface area contributed by atoms with Gasteiger partial charge in [-0.3, -0.25) is 4.79 Å². The van der Waals surface area contributed by atoms with Gasteiger partial charge in [0.05, 0.1) is 6.42 Å². The first-order chi connectivity index (χ1) is 8.26. The summed E-state index contributed by atoms with van der Waals surface area (Å²) in [5, 5.41) is 0. The van der Waals surface area contributed by atoms with Crippen LogP contribution in [0.3, 0.4) is 0 Å². The van der Waals surface area contributed by atoms with Crippen molar-refractivity contribution in [3.8, 4) is 0 Å². The predicted octanol–water partition coefficient (Wildman–Crippen LogP) is 1.72. The van der Waals surface area contributed by atoms with Crippen LogP contribution in [0.15, 0.2) is 30.3 Å². The lowest BCUT2D eigenvalue weighted by Crippen LogP contribution is -2.20. The first-order valence-electron chi connectivity index (χ1n) is 5.52. The van der Waals surface area contributed by atoms with E-state index >= 15 is 0 Å². The summed E-state index contributed by atoms with van der Waals surface area (Å²) in [7, 11) is 0. The molecule has 0 amide bonds. The van der Waals surface area contributed by atoms with Gasteiger partial charge >= 0.3 is 5.97 Å². The van der Waals surface area contributed by atoms with E-state index in [0.29, 0.717) is 12.9 Å². The fourth-order valence-corrected chi connectivity index (χ4v) is 1.32. The van der Waals surface area contributed by atoms with E-state index in [0.717, 1.165) is 5.56 Å². The molecule has 0 saturated carbocycles. The van der Waals surface area contributed by atoms with Gasteiger partial charge in [0.15, 0.2) is 0 Å². The fourth-order valence-electron chi connectivity index (χ4n) is 1.32. The Bertz CT molecular complexity index is 348. The molecule has 0 aliphatic rings. The standard InChI is InChI=1S/C13H16O4/c1-2-16-12(9-14)8-13(15)17-10-11-6-4-3-5-7-11/h3-7,9,12H,2,8,10H2,1H3. The SMILES string of the molecule is CCOC(C=O)CC(=O)OCc1ccccc1. The van der Waals surface area contributed by atoms with Gasteiger partial charge < -0.3 is 14.3 Å². The number of aldehydes is 1. The Kier molecular flexibility index (Phi) is 5.96. The van der Waals surface area contributed by atoms with Gasteiger partial charge in [-0.25, -0.2) is 0 Å². The van der Waals surface area contributed by atoms with Crippen molar-refractivity contribution in [2.24, 2.45) is 0 Å². The molecule has 1 aromatic rings. The molecule has 0 radical (unpaired) electrons. The number of hydrogen-bond acceptors (Lipinski definition) is 4. The van der Waals surface area contributed by atoms with E-state index in [1.165, 1.54) is 0 Å². The monoisotopic (exact) mass is 236 g/mol. The summed E-state index contributed by atoms with van der Waals surface area (Å²) in [5.74, 6) is -0.431. The molecule has 0 fully saturated rings. The lowest BCUT2D eigenvalue weighted by atomic mass is 10.2. The minimum absolute atomic E-state index is 0.0375. The zero-order valence-electron chi connectivity index (χ0n) is 9.80. The van der Waals surface area contributed by atoms with E-state index < -0.39 is 12.1 Å². The average Bonchev–Trinajstić information content (AvgIpc) is 2.37. The van der Waals surface area contributed by atoms with Crippen LogP contribution in [0.25, 0.3) is 0 Å². The Hall–Kier alpha value is -1.68. The van der Waals surface area contributed by atoms with E-state index in [9.17, 15) is 9.59 Å². The summed E-state index contributed by atoms with van der Waals surface area (Å²) in [6.07, 6.45) is -0.124. The summed E-state index contributed by atoms with van der Waals surface area (Å²) in [6, 6.07) is 9.37. The lowest BCUT2D eigenvalue weighted by molar-refractivity contribution is -0.149. The summed E-state index contributed by atoms with van der Waals surface area (Å²) in [5.41, 5.74) is 0.917. The molecule has 1 atom stereocenters. The smallest absolute Gasteiger partial charge is 0.309 e. The van der Waals surface area contributed by atoms with E-state index in [2.05, 4.69) is 0 Å². The summed E-state index contributed by atoms with van der Waals surface area (Å²) in [4.78, 5) is 22.0. The van der Waals surface area contributed by atoms with Crippen molar-refractivity contribution in [1.29, 1.82) is 0 Å². The zero-order chi connectivity index (χ0) is 12.5. The van der Waals surface area contributed by atoms with Gasteiger partial charge in [-0.2, -0.15) is 0 Å². The first kappa shape index (κ1) is 13.4. The molecule has 1 aromatic carbocycles. The summed E-state index contributed by atoms with van der Waals surface area (Å²) in [6.45, 7) is 2.39. The third kappa shape index (κ3) is 5.26. The highest BCUT2D eigenvalue weighted by Crippen LogP contribution is 2.03. The highest BCUT2D eigenvalue weighted by Gasteiger charge is 2.13. The van der Waals surface area contributed by atoms with Gasteiger partial charge in [0.25, 0.3) is 0 Å². The molecule has 0 aromatic heterocycles. The van der Waals surface area contributed by atoms with Crippen molar-refractivity contribution >= 4 is 12.3 Å². The Morgan fingerprint density at radius 3 is 2.65 bits per heavy atom. The minimum Gasteiger partial charge on any atom is -0.461 e. The Morgan fingerprint density at radius 2 is 2.06 bits per heavy atom. The highest BCUT2D eigenvalue weighted by molar-refractivity contribution is 5.74. The molecule has 0 aliphatic carbocycles. The molecule has 92 valence electrons. The molecular formula is C13H16O4. The normalized spacial score (nSPS) is 11.8. The number of rotatable bonds is 7. The van der Waals surface area contributed by atoms with E-state index in [1.54, 1.807) is 6.92 Å². The molecule has 4 nitrogen and oxygen atoms in total. The lowest BCUT2D eigenvalue weighted by Gasteiger charge is -2.10. The maximum Gasteiger partial charge on any atom is 0.309 e. The van der Waals surface area contributed by atoms with Crippen molar-refractivity contribution in [1.82, 2.24) is 0 Å². The molecule has 17 heavy (non-hydrogen) atoms. The van der Waals surface area contributed by atoms with Crippen LogP contribution in [-0.4, -0.2) is 25.0 Å². The molecule has 0 spiro atoms. The molecule has 4 heteroatoms. The van der Waals surface area contributed by atoms with E-state index in [1.807, 2.05) is 30.3 Å². The number of carbonyl (C=O) groups is 2. The van der Waals surface area contributed by atoms with Crippen LogP contribution in [0.4, 0.5) is 0 Å². The van der Waals surface area contributed by atoms with Crippen molar-refractivity contribution in [2.45, 2.75) is 26.1 Å². The van der Waals surface area contributed by atoms with Crippen molar-refractivity contribution in [2.75, 3.05) is 6.61 Å². The fraction of sp³-hybridized carbons (Fsp3) is 0.385. The van der Waals surface area contributed by atoms with Crippen LogP contribution >= 0.6 is 0 Å². The number of benzene rings is 1. The van der Waals surface area contributed by atoms with Crippen molar-refractivity contribution in [3.05, 3.63) is 35.9 Å². The van der Waals surface area contributed by atoms with Crippen LogP contribution in [0.2, 0.25) is 0 Å². The molecule has 1 unspecified atom stereocenters. The van der Waals surface area contributed by atoms with Gasteiger partial charge in [0.2, 0.25) is 0 Å². The Balaban J connectivity index is 2.32. The Labute approximate surface area is 101 Å². The topological polar surface area (TPSA) is 52.6 Å². The molecule has 0 N–H and O–H groups in total. The summed E-state index contributed by atoms with van der Waals surface area (Å²) >= 11 is 0. The Morgan fingerprint density at radius 1 is 1.35 bits per heavy atom. The average molecular weight is 236 g/mol. The number of esters is 1. The maximum atomic E-state index is 11.4. The van der Waals surface area contributed by atoms with Crippen molar-refractivity contribution < 1.29 is 19.1 Å². The zero-order valence-corrected chi connectivity index (χ0v) is 9.80. The van der Waals surface area contributed by atoms with Gasteiger partial charge in [0, 0.05) is 6.61 Å². The number of ether oxygens (including phenoxy) is 2. The van der Waals surface area contributed by atoms with E-state index in [-0.39, 0.29) is 13.0 Å². The molecule has 1 rings (SSSR count). The molecule has 0 saturated heterocycles. The predicted molar refractivity (Wildman–Crippen MR) is 62.3 cm³/mol. The third-order valence-electron chi connectivity index (χ3n) is 2.14. The quantitative estimate of drug-likeness (QED) is 0.534. The summed E-state index contributed by atoms with van der Waals surface area (Å²) < 4.78 is 10.1. The van der Waals surface area contributed by atoms with Crippen LogP contribution in [0, 0.1) is 0 Å². The maximum absolute atomic E-state index is 11.4. The van der Waals surface area contributed by atoms with Crippen LogP contribution < -0.4 is 0 Å². The first-order valence-corrected chi connectivity index (χ1v) is 5.52. The van der Waals surface area contributed by atoms with Crippen LogP contribution in [0.1, 0.15) is 18.9 Å². The third-order valence-corrected chi connectivity index (χ3v) is 2.14. The second-order valence-electron chi connectivity index (χ2n) is 3.48. The minimum atomic E-state index is -0.705. The number of carbonyl (C=O) groups excluding carboxylic acids is 2. The van der Waals surface area contributed by atoms with Gasteiger partial charge in [-0.05, 0) is 12.5 Å². The molecule has 0 bridgehead atoms. The number of hydrogen-bond donors (Lipinski definition) is 0.